The molecule has 1 aromatic rings. The van der Waals surface area contributed by atoms with Crippen molar-refractivity contribution in [3.05, 3.63) is 34.1 Å². The van der Waals surface area contributed by atoms with E-state index in [1.807, 2.05) is 12.1 Å². The quantitative estimate of drug-likeness (QED) is 0.885. The van der Waals surface area contributed by atoms with Crippen LogP contribution in [-0.2, 0) is 6.54 Å². The molecule has 0 heterocycles. The fourth-order valence-electron chi connectivity index (χ4n) is 2.56. The molecule has 1 saturated carbocycles. The largest absolute Gasteiger partial charge is 0.310 e. The van der Waals surface area contributed by atoms with E-state index in [4.69, 9.17) is 0 Å². The van der Waals surface area contributed by atoms with Crippen molar-refractivity contribution in [1.29, 1.82) is 0 Å². The average molecular weight is 300 g/mol. The number of benzene rings is 1. The maximum atomic E-state index is 13.6. The summed E-state index contributed by atoms with van der Waals surface area (Å²) in [4.78, 5) is 0. The van der Waals surface area contributed by atoms with Gasteiger partial charge in [0.15, 0.2) is 0 Å². The molecular formula is C14H19BrFN. The summed E-state index contributed by atoms with van der Waals surface area (Å²) in [7, 11) is 0. The standard InChI is InChI=1S/C14H19BrFN/c1-9-3-6-14(10(9)2)17-8-11-4-5-12(15)7-13(11)16/h4-5,7,9-10,14,17H,3,6,8H2,1-2H3. The molecule has 0 aliphatic heterocycles. The van der Waals surface area contributed by atoms with Gasteiger partial charge in [-0.1, -0.05) is 35.8 Å². The Labute approximate surface area is 111 Å². The minimum absolute atomic E-state index is 0.134. The lowest BCUT2D eigenvalue weighted by molar-refractivity contribution is 0.368. The molecule has 1 N–H and O–H groups in total. The van der Waals surface area contributed by atoms with Crippen molar-refractivity contribution in [2.75, 3.05) is 0 Å². The van der Waals surface area contributed by atoms with Gasteiger partial charge >= 0.3 is 0 Å². The van der Waals surface area contributed by atoms with Gasteiger partial charge in [-0.25, -0.2) is 4.39 Å². The molecule has 94 valence electrons. The SMILES string of the molecule is CC1CCC(NCc2ccc(Br)cc2F)C1C. The van der Waals surface area contributed by atoms with E-state index < -0.39 is 0 Å². The van der Waals surface area contributed by atoms with Crippen LogP contribution in [0.3, 0.4) is 0 Å². The van der Waals surface area contributed by atoms with Gasteiger partial charge in [-0.05, 0) is 36.8 Å². The first-order valence-corrected chi connectivity index (χ1v) is 7.04. The van der Waals surface area contributed by atoms with Crippen LogP contribution in [0.25, 0.3) is 0 Å². The van der Waals surface area contributed by atoms with Crippen LogP contribution in [0, 0.1) is 17.7 Å². The first-order valence-electron chi connectivity index (χ1n) is 6.25. The van der Waals surface area contributed by atoms with Crippen molar-refractivity contribution in [2.24, 2.45) is 11.8 Å². The van der Waals surface area contributed by atoms with Gasteiger partial charge < -0.3 is 5.32 Å². The van der Waals surface area contributed by atoms with E-state index in [1.54, 1.807) is 0 Å². The van der Waals surface area contributed by atoms with Gasteiger partial charge in [-0.15, -0.1) is 0 Å². The average Bonchev–Trinajstić information content (AvgIpc) is 2.59. The van der Waals surface area contributed by atoms with Crippen LogP contribution in [0.4, 0.5) is 4.39 Å². The summed E-state index contributed by atoms with van der Waals surface area (Å²) in [5.74, 6) is 1.33. The van der Waals surface area contributed by atoms with Crippen LogP contribution in [0.1, 0.15) is 32.3 Å². The zero-order chi connectivity index (χ0) is 12.4. The molecule has 3 heteroatoms. The molecule has 17 heavy (non-hydrogen) atoms. The van der Waals surface area contributed by atoms with Gasteiger partial charge in [0.2, 0.25) is 0 Å². The minimum Gasteiger partial charge on any atom is -0.310 e. The molecule has 0 spiro atoms. The Morgan fingerprint density at radius 2 is 2.12 bits per heavy atom. The molecule has 0 saturated heterocycles. The van der Waals surface area contributed by atoms with Gasteiger partial charge in [0.25, 0.3) is 0 Å². The van der Waals surface area contributed by atoms with Crippen LogP contribution >= 0.6 is 15.9 Å². The maximum absolute atomic E-state index is 13.6. The molecule has 1 aromatic carbocycles. The van der Waals surface area contributed by atoms with Gasteiger partial charge in [-0.3, -0.25) is 0 Å². The maximum Gasteiger partial charge on any atom is 0.128 e. The molecule has 1 aliphatic carbocycles. The molecule has 0 aromatic heterocycles. The van der Waals surface area contributed by atoms with E-state index in [2.05, 4.69) is 35.1 Å². The summed E-state index contributed by atoms with van der Waals surface area (Å²) in [6, 6.07) is 5.79. The van der Waals surface area contributed by atoms with Gasteiger partial charge in [-0.2, -0.15) is 0 Å². The molecule has 1 aliphatic rings. The lowest BCUT2D eigenvalue weighted by Gasteiger charge is -2.19. The summed E-state index contributed by atoms with van der Waals surface area (Å²) < 4.78 is 14.4. The highest BCUT2D eigenvalue weighted by atomic mass is 79.9. The minimum atomic E-state index is -0.134. The fourth-order valence-corrected chi connectivity index (χ4v) is 2.89. The molecule has 1 nitrogen and oxygen atoms in total. The molecule has 0 bridgehead atoms. The third-order valence-corrected chi connectivity index (χ3v) is 4.53. The molecule has 0 amide bonds. The van der Waals surface area contributed by atoms with Crippen molar-refractivity contribution in [3.8, 4) is 0 Å². The Balaban J connectivity index is 1.94. The first kappa shape index (κ1) is 13.0. The Morgan fingerprint density at radius 1 is 1.35 bits per heavy atom. The van der Waals surface area contributed by atoms with E-state index in [-0.39, 0.29) is 5.82 Å². The van der Waals surface area contributed by atoms with Gasteiger partial charge in [0, 0.05) is 22.6 Å². The fraction of sp³-hybridized carbons (Fsp3) is 0.571. The third-order valence-electron chi connectivity index (χ3n) is 4.04. The molecule has 0 radical (unpaired) electrons. The van der Waals surface area contributed by atoms with Crippen LogP contribution < -0.4 is 5.32 Å². The van der Waals surface area contributed by atoms with Crippen LogP contribution in [-0.4, -0.2) is 6.04 Å². The van der Waals surface area contributed by atoms with Crippen molar-refractivity contribution in [1.82, 2.24) is 5.32 Å². The highest BCUT2D eigenvalue weighted by Gasteiger charge is 2.29. The number of hydrogen-bond donors (Lipinski definition) is 1. The zero-order valence-corrected chi connectivity index (χ0v) is 11.9. The molecular weight excluding hydrogens is 281 g/mol. The lowest BCUT2D eigenvalue weighted by atomic mass is 9.97. The van der Waals surface area contributed by atoms with Crippen molar-refractivity contribution >= 4 is 15.9 Å². The molecule has 1 fully saturated rings. The predicted molar refractivity (Wildman–Crippen MR) is 72.3 cm³/mol. The molecule has 2 rings (SSSR count). The van der Waals surface area contributed by atoms with Crippen LogP contribution in [0.2, 0.25) is 0 Å². The van der Waals surface area contributed by atoms with Crippen LogP contribution in [0.5, 0.6) is 0 Å². The second kappa shape index (κ2) is 5.49. The van der Waals surface area contributed by atoms with E-state index in [1.165, 1.54) is 18.9 Å². The summed E-state index contributed by atoms with van der Waals surface area (Å²) in [6.45, 7) is 5.21. The van der Waals surface area contributed by atoms with Crippen molar-refractivity contribution in [2.45, 2.75) is 39.3 Å². The van der Waals surface area contributed by atoms with Gasteiger partial charge in [0.1, 0.15) is 5.82 Å². The topological polar surface area (TPSA) is 12.0 Å². The van der Waals surface area contributed by atoms with E-state index >= 15 is 0 Å². The van der Waals surface area contributed by atoms with Gasteiger partial charge in [0.05, 0.1) is 0 Å². The van der Waals surface area contributed by atoms with E-state index in [0.29, 0.717) is 18.5 Å². The first-order chi connectivity index (χ1) is 8.08. The van der Waals surface area contributed by atoms with Crippen molar-refractivity contribution in [3.63, 3.8) is 0 Å². The summed E-state index contributed by atoms with van der Waals surface area (Å²) in [5, 5.41) is 3.48. The second-order valence-electron chi connectivity index (χ2n) is 5.14. The third kappa shape index (κ3) is 3.08. The Morgan fingerprint density at radius 3 is 2.71 bits per heavy atom. The summed E-state index contributed by atoms with van der Waals surface area (Å²) >= 11 is 3.27. The summed E-state index contributed by atoms with van der Waals surface area (Å²) in [6.07, 6.45) is 2.49. The molecule has 3 atom stereocenters. The smallest absolute Gasteiger partial charge is 0.128 e. The second-order valence-corrected chi connectivity index (χ2v) is 6.05. The number of rotatable bonds is 3. The lowest BCUT2D eigenvalue weighted by Crippen LogP contribution is -2.32. The highest BCUT2D eigenvalue weighted by molar-refractivity contribution is 9.10. The number of nitrogens with one attached hydrogen (secondary N) is 1. The van der Waals surface area contributed by atoms with Crippen molar-refractivity contribution < 1.29 is 4.39 Å². The van der Waals surface area contributed by atoms with Crippen LogP contribution in [0.15, 0.2) is 22.7 Å². The monoisotopic (exact) mass is 299 g/mol. The normalized spacial score (nSPS) is 28.6. The number of halogens is 2. The van der Waals surface area contributed by atoms with E-state index in [9.17, 15) is 4.39 Å². The zero-order valence-electron chi connectivity index (χ0n) is 10.3. The number of hydrogen-bond acceptors (Lipinski definition) is 1. The Hall–Kier alpha value is -0.410. The summed E-state index contributed by atoms with van der Waals surface area (Å²) in [5.41, 5.74) is 0.750. The highest BCUT2D eigenvalue weighted by Crippen LogP contribution is 2.31. The molecule has 3 unspecified atom stereocenters. The Kier molecular flexibility index (Phi) is 4.21. The predicted octanol–water partition coefficient (Wildman–Crippen LogP) is 4.11. The Bertz CT molecular complexity index is 394. The van der Waals surface area contributed by atoms with E-state index in [0.717, 1.165) is 16.0 Å².